The van der Waals surface area contributed by atoms with E-state index < -0.39 is 0 Å². The molecule has 1 aliphatic heterocycles. The van der Waals surface area contributed by atoms with Crippen molar-refractivity contribution >= 4 is 56.3 Å². The van der Waals surface area contributed by atoms with E-state index in [0.717, 1.165) is 41.7 Å². The van der Waals surface area contributed by atoms with Crippen LogP contribution in [0.3, 0.4) is 0 Å². The van der Waals surface area contributed by atoms with E-state index in [1.165, 1.54) is 11.3 Å². The second-order valence-electron chi connectivity index (χ2n) is 4.56. The summed E-state index contributed by atoms with van der Waals surface area (Å²) in [7, 11) is 0. The van der Waals surface area contributed by atoms with Crippen LogP contribution in [-0.2, 0) is 0 Å². The zero-order chi connectivity index (χ0) is 15.1. The first kappa shape index (κ1) is 14.4. The molecule has 1 aromatic carbocycles. The zero-order valence-electron chi connectivity index (χ0n) is 11.0. The van der Waals surface area contributed by atoms with E-state index in [0.29, 0.717) is 0 Å². The van der Waals surface area contributed by atoms with Crippen molar-refractivity contribution in [1.29, 1.82) is 0 Å². The predicted octanol–water partition coefficient (Wildman–Crippen LogP) is 4.78. The molecule has 4 rings (SSSR count). The summed E-state index contributed by atoms with van der Waals surface area (Å²) in [5.74, 6) is 1.52. The summed E-state index contributed by atoms with van der Waals surface area (Å²) in [6, 6.07) is 11.9. The molecule has 0 N–H and O–H groups in total. The van der Waals surface area contributed by atoms with Crippen LogP contribution in [0.25, 0.3) is 11.4 Å². The van der Waals surface area contributed by atoms with Gasteiger partial charge in [-0.15, -0.1) is 21.5 Å². The lowest BCUT2D eigenvalue weighted by atomic mass is 10.2. The van der Waals surface area contributed by atoms with Gasteiger partial charge in [0.2, 0.25) is 5.16 Å². The molecule has 2 aromatic heterocycles. The van der Waals surface area contributed by atoms with Crippen molar-refractivity contribution in [3.05, 3.63) is 50.1 Å². The van der Waals surface area contributed by atoms with Crippen LogP contribution in [0.1, 0.15) is 4.88 Å². The summed E-state index contributed by atoms with van der Waals surface area (Å²) < 4.78 is 3.60. The average Bonchev–Trinajstić information content (AvgIpc) is 3.14. The molecule has 0 amide bonds. The van der Waals surface area contributed by atoms with Crippen LogP contribution in [0.15, 0.2) is 51.1 Å². The molecule has 110 valence electrons. The minimum absolute atomic E-state index is 0.745. The highest BCUT2D eigenvalue weighted by atomic mass is 79.9. The smallest absolute Gasteiger partial charge is 0.186 e. The van der Waals surface area contributed by atoms with Crippen LogP contribution < -0.4 is 0 Å². The average molecular weight is 412 g/mol. The lowest BCUT2D eigenvalue weighted by Crippen LogP contribution is -2.12. The second kappa shape index (κ2) is 5.81. The summed E-state index contributed by atoms with van der Waals surface area (Å²) >= 11 is 12.6. The van der Waals surface area contributed by atoms with Crippen molar-refractivity contribution < 1.29 is 0 Å². The first-order valence-corrected chi connectivity index (χ1v) is 9.36. The summed E-state index contributed by atoms with van der Waals surface area (Å²) in [6.45, 7) is 0. The highest BCUT2D eigenvalue weighted by Gasteiger charge is 2.21. The standard InChI is InChI=1S/C14H8BrClN4S2/c15-9-3-1-8(2-4-9)13-17-18-14-20(13)19-10(7-21-14)11-5-6-12(16)22-11/h1-6H,7H2. The molecular formula is C14H8BrClN4S2. The van der Waals surface area contributed by atoms with E-state index in [9.17, 15) is 0 Å². The molecule has 4 nitrogen and oxygen atoms in total. The van der Waals surface area contributed by atoms with E-state index in [1.807, 2.05) is 36.4 Å². The van der Waals surface area contributed by atoms with Crippen molar-refractivity contribution in [1.82, 2.24) is 14.9 Å². The molecule has 0 spiro atoms. The molecule has 3 aromatic rings. The number of aromatic nitrogens is 3. The maximum absolute atomic E-state index is 6.02. The number of nitrogens with zero attached hydrogens (tertiary/aromatic N) is 4. The second-order valence-corrected chi connectivity index (χ2v) is 8.14. The van der Waals surface area contributed by atoms with Crippen LogP contribution in [0.4, 0.5) is 0 Å². The molecule has 8 heteroatoms. The zero-order valence-corrected chi connectivity index (χ0v) is 15.0. The maximum Gasteiger partial charge on any atom is 0.212 e. The Morgan fingerprint density at radius 3 is 2.64 bits per heavy atom. The SMILES string of the molecule is Clc1ccc(C2=Nn3c(nnc3-c3ccc(Br)cc3)SC2)s1. The fraction of sp³-hybridized carbons (Fsp3) is 0.0714. The number of fused-ring (bicyclic) bond motifs is 1. The lowest BCUT2D eigenvalue weighted by molar-refractivity contribution is 0.763. The lowest BCUT2D eigenvalue weighted by Gasteiger charge is -2.12. The maximum atomic E-state index is 6.02. The molecule has 0 unspecified atom stereocenters. The molecule has 0 atom stereocenters. The van der Waals surface area contributed by atoms with Crippen molar-refractivity contribution in [2.75, 3.05) is 5.75 Å². The third-order valence-electron chi connectivity index (χ3n) is 3.13. The summed E-state index contributed by atoms with van der Waals surface area (Å²) in [4.78, 5) is 1.08. The number of thioether (sulfide) groups is 1. The molecule has 1 aliphatic rings. The van der Waals surface area contributed by atoms with Crippen LogP contribution in [0, 0.1) is 0 Å². The van der Waals surface area contributed by atoms with E-state index in [1.54, 1.807) is 16.4 Å². The monoisotopic (exact) mass is 410 g/mol. The highest BCUT2D eigenvalue weighted by molar-refractivity contribution is 9.10. The van der Waals surface area contributed by atoms with Gasteiger partial charge in [-0.25, -0.2) is 0 Å². The molecule has 22 heavy (non-hydrogen) atoms. The van der Waals surface area contributed by atoms with Crippen LogP contribution in [-0.4, -0.2) is 26.3 Å². The van der Waals surface area contributed by atoms with E-state index in [4.69, 9.17) is 16.7 Å². The molecule has 0 radical (unpaired) electrons. The van der Waals surface area contributed by atoms with Gasteiger partial charge in [0.05, 0.1) is 14.9 Å². The van der Waals surface area contributed by atoms with Crippen molar-refractivity contribution in [2.45, 2.75) is 5.16 Å². The van der Waals surface area contributed by atoms with E-state index >= 15 is 0 Å². The highest BCUT2D eigenvalue weighted by Crippen LogP contribution is 2.31. The third kappa shape index (κ3) is 2.62. The Kier molecular flexibility index (Phi) is 3.81. The molecule has 0 aliphatic carbocycles. The van der Waals surface area contributed by atoms with Crippen molar-refractivity contribution in [2.24, 2.45) is 5.10 Å². The van der Waals surface area contributed by atoms with E-state index in [-0.39, 0.29) is 0 Å². The summed E-state index contributed by atoms with van der Waals surface area (Å²) in [6.07, 6.45) is 0. The molecular weight excluding hydrogens is 404 g/mol. The van der Waals surface area contributed by atoms with Gasteiger partial charge < -0.3 is 0 Å². The quantitative estimate of drug-likeness (QED) is 0.609. The first-order valence-electron chi connectivity index (χ1n) is 6.38. The van der Waals surface area contributed by atoms with Crippen LogP contribution >= 0.6 is 50.6 Å². The van der Waals surface area contributed by atoms with Gasteiger partial charge in [0.25, 0.3) is 0 Å². The number of thiophene rings is 1. The minimum Gasteiger partial charge on any atom is -0.186 e. The minimum atomic E-state index is 0.745. The Hall–Kier alpha value is -1.15. The van der Waals surface area contributed by atoms with Gasteiger partial charge in [-0.3, -0.25) is 0 Å². The van der Waals surface area contributed by atoms with E-state index in [2.05, 4.69) is 26.1 Å². The van der Waals surface area contributed by atoms with Gasteiger partial charge in [0, 0.05) is 15.8 Å². The number of rotatable bonds is 2. The van der Waals surface area contributed by atoms with Crippen LogP contribution in [0.2, 0.25) is 4.34 Å². The topological polar surface area (TPSA) is 43.1 Å². The fourth-order valence-electron chi connectivity index (χ4n) is 2.10. The largest absolute Gasteiger partial charge is 0.212 e. The van der Waals surface area contributed by atoms with Crippen molar-refractivity contribution in [3.8, 4) is 11.4 Å². The Morgan fingerprint density at radius 2 is 1.91 bits per heavy atom. The number of benzene rings is 1. The first-order chi connectivity index (χ1) is 10.7. The number of hydrogen-bond donors (Lipinski definition) is 0. The molecule has 0 saturated carbocycles. The Labute approximate surface area is 148 Å². The fourth-order valence-corrected chi connectivity index (χ4v) is 4.31. The summed E-state index contributed by atoms with van der Waals surface area (Å²) in [5.41, 5.74) is 1.98. The van der Waals surface area contributed by atoms with Gasteiger partial charge in [0.15, 0.2) is 5.82 Å². The van der Waals surface area contributed by atoms with Gasteiger partial charge >= 0.3 is 0 Å². The normalized spacial score (nSPS) is 13.8. The number of halogens is 2. The Bertz CT molecular complexity index is 869. The Morgan fingerprint density at radius 1 is 1.09 bits per heavy atom. The van der Waals surface area contributed by atoms with Gasteiger partial charge in [0.1, 0.15) is 0 Å². The van der Waals surface area contributed by atoms with Crippen molar-refractivity contribution in [3.63, 3.8) is 0 Å². The van der Waals surface area contributed by atoms with Gasteiger partial charge in [-0.2, -0.15) is 9.78 Å². The Balaban J connectivity index is 1.79. The third-order valence-corrected chi connectivity index (χ3v) is 5.87. The van der Waals surface area contributed by atoms with Gasteiger partial charge in [-0.1, -0.05) is 51.4 Å². The summed E-state index contributed by atoms with van der Waals surface area (Å²) in [5, 5.41) is 14.0. The molecule has 3 heterocycles. The predicted molar refractivity (Wildman–Crippen MR) is 95.1 cm³/mol. The number of hydrogen-bond acceptors (Lipinski definition) is 5. The molecule has 0 bridgehead atoms. The molecule has 0 fully saturated rings. The molecule has 0 saturated heterocycles. The van der Waals surface area contributed by atoms with Crippen LogP contribution in [0.5, 0.6) is 0 Å². The van der Waals surface area contributed by atoms with Gasteiger partial charge in [-0.05, 0) is 24.3 Å².